The zero-order chi connectivity index (χ0) is 12.5. The fourth-order valence-electron chi connectivity index (χ4n) is 2.10. The number of benzene rings is 1. The van der Waals surface area contributed by atoms with Crippen molar-refractivity contribution in [2.45, 2.75) is 31.6 Å². The molecule has 3 nitrogen and oxygen atoms in total. The molecule has 0 spiro atoms. The van der Waals surface area contributed by atoms with Crippen LogP contribution in [0.4, 0.5) is 0 Å². The van der Waals surface area contributed by atoms with Crippen molar-refractivity contribution in [3.05, 3.63) is 29.8 Å². The van der Waals surface area contributed by atoms with Crippen LogP contribution in [0.5, 0.6) is 5.75 Å². The van der Waals surface area contributed by atoms with Gasteiger partial charge in [-0.1, -0.05) is 12.1 Å². The summed E-state index contributed by atoms with van der Waals surface area (Å²) in [6.45, 7) is 1.51. The normalized spacial score (nSPS) is 10.8. The summed E-state index contributed by atoms with van der Waals surface area (Å²) in [6.07, 6.45) is 4.38. The molecule has 0 aromatic heterocycles. The Balaban J connectivity index is 2.71. The van der Waals surface area contributed by atoms with E-state index in [1.807, 2.05) is 12.1 Å². The zero-order valence-electron chi connectivity index (χ0n) is 10.7. The van der Waals surface area contributed by atoms with E-state index in [1.54, 1.807) is 7.11 Å². The highest BCUT2D eigenvalue weighted by Gasteiger charge is 2.11. The van der Waals surface area contributed by atoms with Crippen LogP contribution in [-0.4, -0.2) is 20.2 Å². The van der Waals surface area contributed by atoms with Crippen LogP contribution in [0.15, 0.2) is 24.3 Å². The molecule has 17 heavy (non-hydrogen) atoms. The third-order valence-electron chi connectivity index (χ3n) is 3.08. The first-order valence-electron chi connectivity index (χ1n) is 6.36. The Hall–Kier alpha value is -1.06. The average Bonchev–Trinajstić information content (AvgIpc) is 2.39. The Kier molecular flexibility index (Phi) is 6.67. The molecule has 1 aromatic rings. The highest BCUT2D eigenvalue weighted by molar-refractivity contribution is 5.30. The Bertz CT molecular complexity index is 307. The van der Waals surface area contributed by atoms with Crippen LogP contribution in [0.3, 0.4) is 0 Å². The Morgan fingerprint density at radius 1 is 1.12 bits per heavy atom. The average molecular weight is 236 g/mol. The van der Waals surface area contributed by atoms with Gasteiger partial charge in [0.1, 0.15) is 5.75 Å². The summed E-state index contributed by atoms with van der Waals surface area (Å²) < 4.78 is 5.26. The number of hydrogen-bond acceptors (Lipinski definition) is 3. The van der Waals surface area contributed by atoms with Crippen LogP contribution in [0.2, 0.25) is 0 Å². The van der Waals surface area contributed by atoms with Gasteiger partial charge in [0.15, 0.2) is 0 Å². The smallest absolute Gasteiger partial charge is 0.119 e. The van der Waals surface area contributed by atoms with Gasteiger partial charge < -0.3 is 16.2 Å². The molecule has 0 amide bonds. The van der Waals surface area contributed by atoms with Gasteiger partial charge in [0, 0.05) is 0 Å². The fraction of sp³-hybridized carbons (Fsp3) is 0.571. The first-order valence-corrected chi connectivity index (χ1v) is 6.36. The van der Waals surface area contributed by atoms with E-state index in [1.165, 1.54) is 5.56 Å². The van der Waals surface area contributed by atoms with Crippen LogP contribution in [0.25, 0.3) is 0 Å². The summed E-state index contributed by atoms with van der Waals surface area (Å²) in [5.41, 5.74) is 12.5. The molecule has 0 aliphatic heterocycles. The van der Waals surface area contributed by atoms with E-state index < -0.39 is 0 Å². The molecule has 3 heteroatoms. The maximum absolute atomic E-state index is 5.59. The molecule has 0 unspecified atom stereocenters. The maximum Gasteiger partial charge on any atom is 0.119 e. The third-order valence-corrected chi connectivity index (χ3v) is 3.08. The van der Waals surface area contributed by atoms with Crippen LogP contribution in [-0.2, 0) is 0 Å². The molecular formula is C14H24N2O. The number of ether oxygens (including phenoxy) is 1. The number of nitrogens with two attached hydrogens (primary N) is 2. The minimum absolute atomic E-state index is 0.553. The third kappa shape index (κ3) is 4.75. The molecule has 0 heterocycles. The largest absolute Gasteiger partial charge is 0.497 e. The Labute approximate surface area is 104 Å². The van der Waals surface area contributed by atoms with Crippen molar-refractivity contribution in [1.82, 2.24) is 0 Å². The second kappa shape index (κ2) is 8.09. The van der Waals surface area contributed by atoms with Crippen molar-refractivity contribution in [2.75, 3.05) is 20.2 Å². The summed E-state index contributed by atoms with van der Waals surface area (Å²) in [4.78, 5) is 0. The second-order valence-corrected chi connectivity index (χ2v) is 4.34. The minimum Gasteiger partial charge on any atom is -0.497 e. The van der Waals surface area contributed by atoms with E-state index in [9.17, 15) is 0 Å². The predicted octanol–water partition coefficient (Wildman–Crippen LogP) is 2.26. The standard InChI is InChI=1S/C14H24N2O/c1-17-14-8-2-5-13(11-14)12(6-3-9-15)7-4-10-16/h2,5,8,11-12H,3-4,6-7,9-10,15-16H2,1H3. The number of hydrogen-bond donors (Lipinski definition) is 2. The molecule has 1 rings (SSSR count). The lowest BCUT2D eigenvalue weighted by Crippen LogP contribution is -2.07. The molecule has 1 aromatic carbocycles. The Morgan fingerprint density at radius 2 is 1.76 bits per heavy atom. The van der Waals surface area contributed by atoms with Crippen molar-refractivity contribution in [3.8, 4) is 5.75 Å². The van der Waals surface area contributed by atoms with E-state index in [2.05, 4.69) is 12.1 Å². The van der Waals surface area contributed by atoms with E-state index >= 15 is 0 Å². The summed E-state index contributed by atoms with van der Waals surface area (Å²) in [6, 6.07) is 8.32. The quantitative estimate of drug-likeness (QED) is 0.727. The highest BCUT2D eigenvalue weighted by Crippen LogP contribution is 2.28. The molecule has 0 fully saturated rings. The van der Waals surface area contributed by atoms with Gasteiger partial charge in [0.25, 0.3) is 0 Å². The van der Waals surface area contributed by atoms with Gasteiger partial charge >= 0.3 is 0 Å². The van der Waals surface area contributed by atoms with E-state index in [0.29, 0.717) is 5.92 Å². The van der Waals surface area contributed by atoms with Gasteiger partial charge in [-0.05, 0) is 62.4 Å². The molecule has 0 atom stereocenters. The van der Waals surface area contributed by atoms with Crippen molar-refractivity contribution in [3.63, 3.8) is 0 Å². The topological polar surface area (TPSA) is 61.3 Å². The molecule has 0 saturated carbocycles. The van der Waals surface area contributed by atoms with E-state index in [-0.39, 0.29) is 0 Å². The lowest BCUT2D eigenvalue weighted by molar-refractivity contribution is 0.413. The number of methoxy groups -OCH3 is 1. The molecule has 96 valence electrons. The highest BCUT2D eigenvalue weighted by atomic mass is 16.5. The van der Waals surface area contributed by atoms with Crippen LogP contribution in [0.1, 0.15) is 37.2 Å². The summed E-state index contributed by atoms with van der Waals surface area (Å²) in [7, 11) is 1.70. The molecule has 0 radical (unpaired) electrons. The summed E-state index contributed by atoms with van der Waals surface area (Å²) in [5, 5.41) is 0. The fourth-order valence-corrected chi connectivity index (χ4v) is 2.10. The van der Waals surface area contributed by atoms with Gasteiger partial charge in [-0.25, -0.2) is 0 Å². The Morgan fingerprint density at radius 3 is 2.29 bits per heavy atom. The van der Waals surface area contributed by atoms with E-state index in [4.69, 9.17) is 16.2 Å². The lowest BCUT2D eigenvalue weighted by Gasteiger charge is -2.17. The summed E-state index contributed by atoms with van der Waals surface area (Å²) in [5.74, 6) is 1.48. The molecular weight excluding hydrogens is 212 g/mol. The van der Waals surface area contributed by atoms with Gasteiger partial charge in [0.2, 0.25) is 0 Å². The van der Waals surface area contributed by atoms with Crippen LogP contribution >= 0.6 is 0 Å². The van der Waals surface area contributed by atoms with Crippen LogP contribution in [0, 0.1) is 0 Å². The molecule has 0 aliphatic rings. The van der Waals surface area contributed by atoms with Crippen molar-refractivity contribution >= 4 is 0 Å². The first-order chi connectivity index (χ1) is 8.31. The van der Waals surface area contributed by atoms with Gasteiger partial charge in [0.05, 0.1) is 7.11 Å². The SMILES string of the molecule is COc1cccc(C(CCCN)CCCN)c1. The molecule has 0 saturated heterocycles. The molecule has 4 N–H and O–H groups in total. The molecule has 0 bridgehead atoms. The van der Waals surface area contributed by atoms with Crippen molar-refractivity contribution in [2.24, 2.45) is 11.5 Å². The zero-order valence-corrected chi connectivity index (χ0v) is 10.7. The second-order valence-electron chi connectivity index (χ2n) is 4.34. The van der Waals surface area contributed by atoms with E-state index in [0.717, 1.165) is 44.5 Å². The van der Waals surface area contributed by atoms with Gasteiger partial charge in [-0.3, -0.25) is 0 Å². The maximum atomic E-state index is 5.59. The van der Waals surface area contributed by atoms with Gasteiger partial charge in [-0.15, -0.1) is 0 Å². The van der Waals surface area contributed by atoms with Crippen LogP contribution < -0.4 is 16.2 Å². The van der Waals surface area contributed by atoms with Gasteiger partial charge in [-0.2, -0.15) is 0 Å². The first kappa shape index (κ1) is 14.0. The van der Waals surface area contributed by atoms with Crippen molar-refractivity contribution in [1.29, 1.82) is 0 Å². The lowest BCUT2D eigenvalue weighted by atomic mass is 9.90. The molecule has 0 aliphatic carbocycles. The van der Waals surface area contributed by atoms with Crippen molar-refractivity contribution < 1.29 is 4.74 Å². The summed E-state index contributed by atoms with van der Waals surface area (Å²) >= 11 is 0. The monoisotopic (exact) mass is 236 g/mol. The minimum atomic E-state index is 0.553. The number of rotatable bonds is 8. The predicted molar refractivity (Wildman–Crippen MR) is 72.3 cm³/mol.